The van der Waals surface area contributed by atoms with Gasteiger partial charge in [-0.3, -0.25) is 9.89 Å². The third kappa shape index (κ3) is 2.67. The summed E-state index contributed by atoms with van der Waals surface area (Å²) in [5.74, 6) is 0.00520. The number of hydrogen-bond acceptors (Lipinski definition) is 3. The molecule has 1 amide bonds. The van der Waals surface area contributed by atoms with Crippen LogP contribution in [0.1, 0.15) is 16.8 Å². The van der Waals surface area contributed by atoms with Crippen LogP contribution < -0.4 is 5.73 Å². The van der Waals surface area contributed by atoms with Crippen LogP contribution in [0, 0.1) is 11.7 Å². The fourth-order valence-electron chi connectivity index (χ4n) is 2.66. The van der Waals surface area contributed by atoms with Crippen molar-refractivity contribution in [3.8, 4) is 11.3 Å². The Bertz CT molecular complexity index is 637. The number of amides is 1. The summed E-state index contributed by atoms with van der Waals surface area (Å²) in [6.07, 6.45) is 2.46. The molecule has 0 spiro atoms. The Kier molecular flexibility index (Phi) is 3.70. The maximum Gasteiger partial charge on any atom is 0.257 e. The van der Waals surface area contributed by atoms with Crippen LogP contribution in [0.5, 0.6) is 0 Å². The summed E-state index contributed by atoms with van der Waals surface area (Å²) in [4.78, 5) is 14.4. The molecular formula is C15H17FN4O. The highest BCUT2D eigenvalue weighted by atomic mass is 19.1. The molecule has 0 saturated carbocycles. The Morgan fingerprint density at radius 1 is 1.43 bits per heavy atom. The SMILES string of the molecule is NCC1CCN(C(=O)c2cn[nH]c2-c2ccc(F)cc2)C1. The second-order valence-electron chi connectivity index (χ2n) is 5.31. The van der Waals surface area contributed by atoms with Crippen LogP contribution in [0.25, 0.3) is 11.3 Å². The minimum Gasteiger partial charge on any atom is -0.338 e. The number of nitrogens with one attached hydrogen (secondary N) is 1. The van der Waals surface area contributed by atoms with Crippen molar-refractivity contribution >= 4 is 5.91 Å². The lowest BCUT2D eigenvalue weighted by molar-refractivity contribution is 0.0788. The molecule has 1 aromatic carbocycles. The maximum atomic E-state index is 13.0. The molecule has 1 atom stereocenters. The van der Waals surface area contributed by atoms with Gasteiger partial charge in [0, 0.05) is 18.7 Å². The van der Waals surface area contributed by atoms with Crippen LogP contribution in [0.15, 0.2) is 30.5 Å². The molecule has 1 fully saturated rings. The van der Waals surface area contributed by atoms with Gasteiger partial charge < -0.3 is 10.6 Å². The number of aromatic amines is 1. The maximum absolute atomic E-state index is 13.0. The number of benzene rings is 1. The number of rotatable bonds is 3. The van der Waals surface area contributed by atoms with E-state index in [-0.39, 0.29) is 11.7 Å². The third-order valence-corrected chi connectivity index (χ3v) is 3.91. The molecule has 1 unspecified atom stereocenters. The van der Waals surface area contributed by atoms with Crippen molar-refractivity contribution in [1.82, 2.24) is 15.1 Å². The van der Waals surface area contributed by atoms with Crippen molar-refractivity contribution in [1.29, 1.82) is 0 Å². The van der Waals surface area contributed by atoms with E-state index in [1.165, 1.54) is 18.3 Å². The zero-order chi connectivity index (χ0) is 14.8. The van der Waals surface area contributed by atoms with Gasteiger partial charge in [0.2, 0.25) is 0 Å². The summed E-state index contributed by atoms with van der Waals surface area (Å²) in [7, 11) is 0. The van der Waals surface area contributed by atoms with E-state index in [1.54, 1.807) is 17.0 Å². The number of carbonyl (C=O) groups excluding carboxylic acids is 1. The Labute approximate surface area is 121 Å². The van der Waals surface area contributed by atoms with Crippen LogP contribution in [0.4, 0.5) is 4.39 Å². The summed E-state index contributed by atoms with van der Waals surface area (Å²) >= 11 is 0. The Morgan fingerprint density at radius 2 is 2.19 bits per heavy atom. The lowest BCUT2D eigenvalue weighted by atomic mass is 10.1. The first kappa shape index (κ1) is 13.8. The average molecular weight is 288 g/mol. The van der Waals surface area contributed by atoms with Crippen LogP contribution in [-0.4, -0.2) is 40.6 Å². The van der Waals surface area contributed by atoms with Gasteiger partial charge in [-0.25, -0.2) is 4.39 Å². The van der Waals surface area contributed by atoms with E-state index >= 15 is 0 Å². The number of halogens is 1. The van der Waals surface area contributed by atoms with Crippen LogP contribution in [-0.2, 0) is 0 Å². The Hall–Kier alpha value is -2.21. The first-order chi connectivity index (χ1) is 10.2. The molecule has 2 heterocycles. The minimum atomic E-state index is -0.309. The standard InChI is InChI=1S/C15H17FN4O/c16-12-3-1-11(2-4-12)14-13(8-18-19-14)15(21)20-6-5-10(7-17)9-20/h1-4,8,10H,5-7,9,17H2,(H,18,19). The minimum absolute atomic E-state index is 0.0565. The molecule has 3 rings (SSSR count). The van der Waals surface area contributed by atoms with Gasteiger partial charge in [0.1, 0.15) is 5.82 Å². The van der Waals surface area contributed by atoms with Crippen molar-refractivity contribution < 1.29 is 9.18 Å². The zero-order valence-corrected chi connectivity index (χ0v) is 11.6. The lowest BCUT2D eigenvalue weighted by Gasteiger charge is -2.16. The van der Waals surface area contributed by atoms with E-state index in [9.17, 15) is 9.18 Å². The van der Waals surface area contributed by atoms with Crippen molar-refractivity contribution in [3.05, 3.63) is 41.8 Å². The molecule has 6 heteroatoms. The van der Waals surface area contributed by atoms with Gasteiger partial charge in [-0.2, -0.15) is 5.10 Å². The average Bonchev–Trinajstić information content (AvgIpc) is 3.16. The van der Waals surface area contributed by atoms with Crippen molar-refractivity contribution in [2.45, 2.75) is 6.42 Å². The first-order valence-electron chi connectivity index (χ1n) is 6.97. The fraction of sp³-hybridized carbons (Fsp3) is 0.333. The normalized spacial score (nSPS) is 18.2. The molecule has 3 N–H and O–H groups in total. The van der Waals surface area contributed by atoms with Gasteiger partial charge in [-0.05, 0) is 43.1 Å². The highest BCUT2D eigenvalue weighted by Gasteiger charge is 2.28. The van der Waals surface area contributed by atoms with Crippen molar-refractivity contribution in [2.75, 3.05) is 19.6 Å². The zero-order valence-electron chi connectivity index (χ0n) is 11.6. The number of aromatic nitrogens is 2. The molecule has 1 aliphatic rings. The summed E-state index contributed by atoms with van der Waals surface area (Å²) in [5.41, 5.74) is 7.54. The van der Waals surface area contributed by atoms with Crippen LogP contribution in [0.2, 0.25) is 0 Å². The lowest BCUT2D eigenvalue weighted by Crippen LogP contribution is -2.30. The molecule has 5 nitrogen and oxygen atoms in total. The molecule has 0 bridgehead atoms. The summed E-state index contributed by atoms with van der Waals surface area (Å²) in [5, 5.41) is 6.79. The second kappa shape index (κ2) is 5.65. The van der Waals surface area contributed by atoms with Gasteiger partial charge >= 0.3 is 0 Å². The van der Waals surface area contributed by atoms with Gasteiger partial charge in [-0.15, -0.1) is 0 Å². The summed E-state index contributed by atoms with van der Waals surface area (Å²) in [6.45, 7) is 2.00. The van der Waals surface area contributed by atoms with Crippen LogP contribution in [0.3, 0.4) is 0 Å². The molecule has 1 aliphatic heterocycles. The van der Waals surface area contributed by atoms with Gasteiger partial charge in [0.05, 0.1) is 17.5 Å². The molecule has 2 aromatic rings. The van der Waals surface area contributed by atoms with Gasteiger partial charge in [0.25, 0.3) is 5.91 Å². The molecule has 1 aromatic heterocycles. The van der Waals surface area contributed by atoms with E-state index in [1.807, 2.05) is 0 Å². The van der Waals surface area contributed by atoms with E-state index in [4.69, 9.17) is 5.73 Å². The molecule has 0 radical (unpaired) electrons. The number of H-pyrrole nitrogens is 1. The molecule has 0 aliphatic carbocycles. The number of likely N-dealkylation sites (tertiary alicyclic amines) is 1. The molecule has 110 valence electrons. The number of nitrogens with zero attached hydrogens (tertiary/aromatic N) is 2. The summed E-state index contributed by atoms with van der Waals surface area (Å²) < 4.78 is 13.0. The number of carbonyl (C=O) groups is 1. The van der Waals surface area contributed by atoms with Crippen LogP contribution >= 0.6 is 0 Å². The monoisotopic (exact) mass is 288 g/mol. The molecule has 1 saturated heterocycles. The predicted octanol–water partition coefficient (Wildman–Crippen LogP) is 1.64. The fourth-order valence-corrected chi connectivity index (χ4v) is 2.66. The van der Waals surface area contributed by atoms with Gasteiger partial charge in [0.15, 0.2) is 0 Å². The van der Waals surface area contributed by atoms with E-state index in [0.29, 0.717) is 30.3 Å². The highest BCUT2D eigenvalue weighted by Crippen LogP contribution is 2.25. The van der Waals surface area contributed by atoms with E-state index in [0.717, 1.165) is 18.5 Å². The van der Waals surface area contributed by atoms with Gasteiger partial charge in [-0.1, -0.05) is 0 Å². The molecular weight excluding hydrogens is 271 g/mol. The van der Waals surface area contributed by atoms with Crippen molar-refractivity contribution in [3.63, 3.8) is 0 Å². The van der Waals surface area contributed by atoms with E-state index < -0.39 is 0 Å². The quantitative estimate of drug-likeness (QED) is 0.901. The summed E-state index contributed by atoms with van der Waals surface area (Å²) in [6, 6.07) is 5.99. The third-order valence-electron chi connectivity index (χ3n) is 3.91. The second-order valence-corrected chi connectivity index (χ2v) is 5.31. The Morgan fingerprint density at radius 3 is 2.86 bits per heavy atom. The van der Waals surface area contributed by atoms with Crippen molar-refractivity contribution in [2.24, 2.45) is 11.7 Å². The number of nitrogens with two attached hydrogens (primary N) is 1. The van der Waals surface area contributed by atoms with E-state index in [2.05, 4.69) is 10.2 Å². The highest BCUT2D eigenvalue weighted by molar-refractivity contribution is 5.99. The Balaban J connectivity index is 1.85. The largest absolute Gasteiger partial charge is 0.338 e. The smallest absolute Gasteiger partial charge is 0.257 e. The number of hydrogen-bond donors (Lipinski definition) is 2. The topological polar surface area (TPSA) is 75.0 Å². The first-order valence-corrected chi connectivity index (χ1v) is 6.97. The predicted molar refractivity (Wildman–Crippen MR) is 77.0 cm³/mol. The molecule has 21 heavy (non-hydrogen) atoms.